The number of rotatable bonds is 2. The average Bonchev–Trinajstić information content (AvgIpc) is 2.27. The van der Waals surface area contributed by atoms with Crippen LogP contribution in [0.25, 0.3) is 0 Å². The van der Waals surface area contributed by atoms with Gasteiger partial charge in [-0.3, -0.25) is 0 Å². The molecule has 92 valence electrons. The van der Waals surface area contributed by atoms with E-state index in [1.54, 1.807) is 6.92 Å². The van der Waals surface area contributed by atoms with Gasteiger partial charge in [-0.15, -0.1) is 0 Å². The van der Waals surface area contributed by atoms with E-state index in [-0.39, 0.29) is 5.41 Å². The molecule has 0 aliphatic carbocycles. The Kier molecular flexibility index (Phi) is 4.44. The Labute approximate surface area is 103 Å². The fourth-order valence-electron chi connectivity index (χ4n) is 1.19. The van der Waals surface area contributed by atoms with Gasteiger partial charge in [0, 0.05) is 0 Å². The lowest BCUT2D eigenvalue weighted by Gasteiger charge is -2.16. The molecule has 0 heterocycles. The summed E-state index contributed by atoms with van der Waals surface area (Å²) in [6.07, 6.45) is -0.527. The number of carbonyl (C=O) groups is 1. The van der Waals surface area contributed by atoms with Gasteiger partial charge in [0.1, 0.15) is 0 Å². The number of benzene rings is 1. The molecule has 0 aliphatic heterocycles. The van der Waals surface area contributed by atoms with E-state index < -0.39 is 6.09 Å². The highest BCUT2D eigenvalue weighted by Crippen LogP contribution is 2.13. The van der Waals surface area contributed by atoms with E-state index >= 15 is 0 Å². The van der Waals surface area contributed by atoms with Gasteiger partial charge in [0.25, 0.3) is 0 Å². The maximum absolute atomic E-state index is 11.5. The van der Waals surface area contributed by atoms with Crippen LogP contribution in [-0.2, 0) is 4.74 Å². The molecule has 0 fully saturated rings. The summed E-state index contributed by atoms with van der Waals surface area (Å²) in [5, 5.41) is 0. The van der Waals surface area contributed by atoms with E-state index in [1.807, 2.05) is 51.1 Å². The van der Waals surface area contributed by atoms with E-state index in [0.717, 1.165) is 5.56 Å². The third kappa shape index (κ3) is 5.29. The highest BCUT2D eigenvalue weighted by molar-refractivity contribution is 6.03. The molecule has 17 heavy (non-hydrogen) atoms. The molecule has 0 saturated carbocycles. The monoisotopic (exact) mass is 233 g/mol. The normalized spacial score (nSPS) is 12.4. The highest BCUT2D eigenvalue weighted by atomic mass is 16.5. The minimum Gasteiger partial charge on any atom is -0.447 e. The van der Waals surface area contributed by atoms with Gasteiger partial charge < -0.3 is 4.74 Å². The molecule has 3 heteroatoms. The van der Waals surface area contributed by atoms with E-state index in [4.69, 9.17) is 4.74 Å². The zero-order chi connectivity index (χ0) is 12.9. The van der Waals surface area contributed by atoms with E-state index in [0.29, 0.717) is 12.3 Å². The Hall–Kier alpha value is -1.64. The fraction of sp³-hybridized carbons (Fsp3) is 0.429. The molecule has 0 bridgehead atoms. The first-order valence-corrected chi connectivity index (χ1v) is 5.66. The number of aliphatic imine (C=N–C) groups is 1. The van der Waals surface area contributed by atoms with Crippen molar-refractivity contribution in [2.24, 2.45) is 10.4 Å². The molecule has 1 amide bonds. The number of hydrogen-bond donors (Lipinski definition) is 0. The van der Waals surface area contributed by atoms with Crippen LogP contribution in [0.15, 0.2) is 35.3 Å². The standard InChI is InChI=1S/C14H19NO2/c1-11(12-8-6-5-7-9-12)15-13(16)17-10-14(2,3)4/h5-9H,10H2,1-4H3/b15-11-. The second kappa shape index (κ2) is 5.62. The van der Waals surface area contributed by atoms with Crippen LogP contribution in [0.1, 0.15) is 33.3 Å². The van der Waals surface area contributed by atoms with E-state index in [1.165, 1.54) is 0 Å². The Morgan fingerprint density at radius 1 is 1.24 bits per heavy atom. The molecule has 0 aromatic heterocycles. The Morgan fingerprint density at radius 3 is 2.35 bits per heavy atom. The van der Waals surface area contributed by atoms with E-state index in [9.17, 15) is 4.79 Å². The van der Waals surface area contributed by atoms with Gasteiger partial charge in [0.05, 0.1) is 12.3 Å². The Bertz CT molecular complexity index is 402. The van der Waals surface area contributed by atoms with Gasteiger partial charge in [-0.05, 0) is 17.9 Å². The number of hydrogen-bond acceptors (Lipinski definition) is 2. The lowest BCUT2D eigenvalue weighted by Crippen LogP contribution is -2.17. The smallest absolute Gasteiger partial charge is 0.433 e. The molecule has 3 nitrogen and oxygen atoms in total. The molecule has 1 aromatic carbocycles. The van der Waals surface area contributed by atoms with Crippen molar-refractivity contribution in [2.75, 3.05) is 6.61 Å². The minimum absolute atomic E-state index is 0.0359. The van der Waals surface area contributed by atoms with Gasteiger partial charge in [-0.2, -0.15) is 4.99 Å². The lowest BCUT2D eigenvalue weighted by molar-refractivity contribution is 0.115. The topological polar surface area (TPSA) is 38.7 Å². The maximum atomic E-state index is 11.5. The SMILES string of the molecule is C/C(=N/C(=O)OCC(C)(C)C)c1ccccc1. The van der Waals surface area contributed by atoms with Gasteiger partial charge in [-0.25, -0.2) is 4.79 Å². The van der Waals surface area contributed by atoms with Crippen LogP contribution in [0.3, 0.4) is 0 Å². The van der Waals surface area contributed by atoms with Crippen LogP contribution in [0.2, 0.25) is 0 Å². The molecule has 0 unspecified atom stereocenters. The van der Waals surface area contributed by atoms with E-state index in [2.05, 4.69) is 4.99 Å². The van der Waals surface area contributed by atoms with Crippen molar-refractivity contribution in [3.63, 3.8) is 0 Å². The van der Waals surface area contributed by atoms with Crippen molar-refractivity contribution < 1.29 is 9.53 Å². The molecular formula is C14H19NO2. The molecule has 0 atom stereocenters. The summed E-state index contributed by atoms with van der Waals surface area (Å²) in [4.78, 5) is 15.4. The van der Waals surface area contributed by atoms with Crippen molar-refractivity contribution in [1.82, 2.24) is 0 Å². The third-order valence-corrected chi connectivity index (χ3v) is 2.08. The van der Waals surface area contributed by atoms with Gasteiger partial charge in [-0.1, -0.05) is 51.1 Å². The summed E-state index contributed by atoms with van der Waals surface area (Å²) in [6.45, 7) is 8.20. The summed E-state index contributed by atoms with van der Waals surface area (Å²) in [5.41, 5.74) is 1.57. The van der Waals surface area contributed by atoms with Crippen molar-refractivity contribution in [3.05, 3.63) is 35.9 Å². The Morgan fingerprint density at radius 2 is 1.82 bits per heavy atom. The van der Waals surface area contributed by atoms with Gasteiger partial charge in [0.2, 0.25) is 0 Å². The van der Waals surface area contributed by atoms with Crippen molar-refractivity contribution in [3.8, 4) is 0 Å². The summed E-state index contributed by atoms with van der Waals surface area (Å²) in [5.74, 6) is 0. The summed E-state index contributed by atoms with van der Waals surface area (Å²) in [7, 11) is 0. The third-order valence-electron chi connectivity index (χ3n) is 2.08. The first-order chi connectivity index (χ1) is 7.88. The lowest BCUT2D eigenvalue weighted by atomic mass is 9.99. The van der Waals surface area contributed by atoms with Crippen molar-refractivity contribution in [2.45, 2.75) is 27.7 Å². The maximum Gasteiger partial charge on any atom is 0.433 e. The molecule has 0 radical (unpaired) electrons. The molecule has 0 saturated heterocycles. The predicted molar refractivity (Wildman–Crippen MR) is 69.5 cm³/mol. The van der Waals surface area contributed by atoms with Crippen molar-refractivity contribution >= 4 is 11.8 Å². The minimum atomic E-state index is -0.527. The first-order valence-electron chi connectivity index (χ1n) is 5.66. The quantitative estimate of drug-likeness (QED) is 0.731. The second-order valence-corrected chi connectivity index (χ2v) is 5.18. The number of amides is 1. The average molecular weight is 233 g/mol. The zero-order valence-electron chi connectivity index (χ0n) is 10.9. The summed E-state index contributed by atoms with van der Waals surface area (Å²) < 4.78 is 5.07. The zero-order valence-corrected chi connectivity index (χ0v) is 10.9. The molecule has 0 aliphatic rings. The molecule has 1 rings (SSSR count). The van der Waals surface area contributed by atoms with Crippen LogP contribution in [0.4, 0.5) is 4.79 Å². The summed E-state index contributed by atoms with van der Waals surface area (Å²) in [6, 6.07) is 9.57. The molecule has 0 N–H and O–H groups in total. The number of nitrogens with zero attached hydrogens (tertiary/aromatic N) is 1. The van der Waals surface area contributed by atoms with Crippen LogP contribution in [0.5, 0.6) is 0 Å². The summed E-state index contributed by atoms with van der Waals surface area (Å²) >= 11 is 0. The number of ether oxygens (including phenoxy) is 1. The van der Waals surface area contributed by atoms with Crippen LogP contribution in [0, 0.1) is 5.41 Å². The largest absolute Gasteiger partial charge is 0.447 e. The molecule has 1 aromatic rings. The second-order valence-electron chi connectivity index (χ2n) is 5.18. The molecule has 0 spiro atoms. The van der Waals surface area contributed by atoms with Crippen LogP contribution < -0.4 is 0 Å². The molecular weight excluding hydrogens is 214 g/mol. The Balaban J connectivity index is 2.61. The van der Waals surface area contributed by atoms with Gasteiger partial charge in [0.15, 0.2) is 0 Å². The van der Waals surface area contributed by atoms with Crippen LogP contribution in [-0.4, -0.2) is 18.4 Å². The number of carbonyl (C=O) groups excluding carboxylic acids is 1. The van der Waals surface area contributed by atoms with Crippen molar-refractivity contribution in [1.29, 1.82) is 0 Å². The predicted octanol–water partition coefficient (Wildman–Crippen LogP) is 3.68. The first kappa shape index (κ1) is 13.4. The van der Waals surface area contributed by atoms with Gasteiger partial charge >= 0.3 is 6.09 Å². The fourth-order valence-corrected chi connectivity index (χ4v) is 1.19. The highest BCUT2D eigenvalue weighted by Gasteiger charge is 2.13. The van der Waals surface area contributed by atoms with Crippen LogP contribution >= 0.6 is 0 Å².